The smallest absolute Gasteiger partial charge is 0.125 e. The second kappa shape index (κ2) is 14.7. The number of anilines is 1. The van der Waals surface area contributed by atoms with Crippen LogP contribution in [0.15, 0.2) is 78.2 Å². The van der Waals surface area contributed by atoms with Gasteiger partial charge in [-0.05, 0) is 57.1 Å². The van der Waals surface area contributed by atoms with Crippen LogP contribution in [0.2, 0.25) is 5.02 Å². The summed E-state index contributed by atoms with van der Waals surface area (Å²) in [5.74, 6) is 6.13. The molecule has 0 aliphatic rings. The zero-order valence-electron chi connectivity index (χ0n) is 19.2. The van der Waals surface area contributed by atoms with Crippen molar-refractivity contribution in [2.45, 2.75) is 27.2 Å². The Morgan fingerprint density at radius 2 is 1.69 bits per heavy atom. The molecule has 170 valence electrons. The molecular formula is C25H33ClN6. The van der Waals surface area contributed by atoms with Crippen molar-refractivity contribution in [2.75, 3.05) is 18.5 Å². The SMILES string of the molecule is CCN(/C(C)=N\N)c1ccccc1C(=N)c1ccc(Cl)cc1.CCc1cccnc1.CN. The van der Waals surface area contributed by atoms with Gasteiger partial charge in [-0.3, -0.25) is 10.4 Å². The Hall–Kier alpha value is -3.22. The molecule has 0 saturated heterocycles. The van der Waals surface area contributed by atoms with E-state index in [1.165, 1.54) is 12.6 Å². The number of aromatic nitrogens is 1. The van der Waals surface area contributed by atoms with Crippen molar-refractivity contribution in [2.24, 2.45) is 16.7 Å². The van der Waals surface area contributed by atoms with Gasteiger partial charge in [-0.15, -0.1) is 0 Å². The van der Waals surface area contributed by atoms with Gasteiger partial charge in [-0.1, -0.05) is 54.9 Å². The van der Waals surface area contributed by atoms with Gasteiger partial charge in [-0.25, -0.2) is 0 Å². The zero-order chi connectivity index (χ0) is 23.9. The number of pyridine rings is 1. The molecule has 7 heteroatoms. The normalized spacial score (nSPS) is 10.2. The van der Waals surface area contributed by atoms with Gasteiger partial charge in [0.2, 0.25) is 0 Å². The van der Waals surface area contributed by atoms with Crippen molar-refractivity contribution in [3.05, 3.63) is 94.8 Å². The molecular weight excluding hydrogens is 420 g/mol. The highest BCUT2D eigenvalue weighted by Gasteiger charge is 2.16. The number of nitrogens with zero attached hydrogens (tertiary/aromatic N) is 3. The van der Waals surface area contributed by atoms with Crippen molar-refractivity contribution >= 4 is 28.8 Å². The summed E-state index contributed by atoms with van der Waals surface area (Å²) in [6.45, 7) is 6.72. The van der Waals surface area contributed by atoms with Crippen molar-refractivity contribution in [1.82, 2.24) is 4.98 Å². The first-order chi connectivity index (χ1) is 15.5. The highest BCUT2D eigenvalue weighted by molar-refractivity contribution is 6.30. The van der Waals surface area contributed by atoms with Crippen LogP contribution < -0.4 is 16.5 Å². The summed E-state index contributed by atoms with van der Waals surface area (Å²) in [5.41, 5.74) is 8.80. The number of aryl methyl sites for hydroxylation is 1. The van der Waals surface area contributed by atoms with Crippen LogP contribution in [0.25, 0.3) is 0 Å². The van der Waals surface area contributed by atoms with Gasteiger partial charge in [0.15, 0.2) is 0 Å². The van der Waals surface area contributed by atoms with Crippen LogP contribution in [0.3, 0.4) is 0 Å². The number of hydrogen-bond acceptors (Lipinski definition) is 5. The molecule has 0 aliphatic heterocycles. The van der Waals surface area contributed by atoms with Gasteiger partial charge in [-0.2, -0.15) is 5.10 Å². The molecule has 0 bridgehead atoms. The van der Waals surface area contributed by atoms with E-state index in [0.29, 0.717) is 16.6 Å². The molecule has 2 aromatic carbocycles. The predicted molar refractivity (Wildman–Crippen MR) is 138 cm³/mol. The fraction of sp³-hybridized carbons (Fsp3) is 0.240. The van der Waals surface area contributed by atoms with E-state index in [1.54, 1.807) is 18.3 Å². The van der Waals surface area contributed by atoms with E-state index in [1.807, 2.05) is 67.4 Å². The molecule has 0 radical (unpaired) electrons. The number of benzene rings is 2. The van der Waals surface area contributed by atoms with Crippen LogP contribution in [-0.2, 0) is 6.42 Å². The summed E-state index contributed by atoms with van der Waals surface area (Å²) in [5, 5.41) is 12.9. The topological polar surface area (TPSA) is 104 Å². The highest BCUT2D eigenvalue weighted by Crippen LogP contribution is 2.24. The van der Waals surface area contributed by atoms with Gasteiger partial charge in [0.05, 0.1) is 11.4 Å². The lowest BCUT2D eigenvalue weighted by atomic mass is 10.00. The van der Waals surface area contributed by atoms with Crippen LogP contribution in [0.5, 0.6) is 0 Å². The van der Waals surface area contributed by atoms with E-state index < -0.39 is 0 Å². The molecule has 0 amide bonds. The summed E-state index contributed by atoms with van der Waals surface area (Å²) >= 11 is 5.92. The lowest BCUT2D eigenvalue weighted by molar-refractivity contribution is 1.03. The fourth-order valence-corrected chi connectivity index (χ4v) is 3.07. The van der Waals surface area contributed by atoms with Crippen molar-refractivity contribution in [3.63, 3.8) is 0 Å². The second-order valence-corrected chi connectivity index (χ2v) is 6.97. The Morgan fingerprint density at radius 3 is 2.19 bits per heavy atom. The third-order valence-electron chi connectivity index (χ3n) is 4.62. The summed E-state index contributed by atoms with van der Waals surface area (Å²) in [6.07, 6.45) is 4.76. The average molecular weight is 453 g/mol. The van der Waals surface area contributed by atoms with Crippen LogP contribution in [0, 0.1) is 5.41 Å². The Labute approximate surface area is 196 Å². The van der Waals surface area contributed by atoms with Crippen molar-refractivity contribution < 1.29 is 0 Å². The number of para-hydroxylation sites is 1. The minimum Gasteiger partial charge on any atom is -0.333 e. The average Bonchev–Trinajstić information content (AvgIpc) is 2.87. The third-order valence-corrected chi connectivity index (χ3v) is 4.87. The summed E-state index contributed by atoms with van der Waals surface area (Å²) < 4.78 is 0. The molecule has 0 aliphatic carbocycles. The molecule has 0 fully saturated rings. The first-order valence-electron chi connectivity index (χ1n) is 10.4. The van der Waals surface area contributed by atoms with E-state index in [0.717, 1.165) is 29.8 Å². The monoisotopic (exact) mass is 452 g/mol. The molecule has 3 rings (SSSR count). The Bertz CT molecular complexity index is 971. The molecule has 1 heterocycles. The second-order valence-electron chi connectivity index (χ2n) is 6.53. The first-order valence-corrected chi connectivity index (χ1v) is 10.8. The summed E-state index contributed by atoms with van der Waals surface area (Å²) in [6, 6.07) is 19.1. The lowest BCUT2D eigenvalue weighted by Gasteiger charge is -2.25. The Kier molecular flexibility index (Phi) is 12.3. The Balaban J connectivity index is 0.000000427. The Morgan fingerprint density at radius 1 is 1.03 bits per heavy atom. The van der Waals surface area contributed by atoms with E-state index in [-0.39, 0.29) is 0 Å². The van der Waals surface area contributed by atoms with E-state index in [4.69, 9.17) is 22.9 Å². The minimum absolute atomic E-state index is 0.440. The maximum atomic E-state index is 8.51. The molecule has 3 aromatic rings. The number of hydrazone groups is 1. The van der Waals surface area contributed by atoms with Gasteiger partial charge >= 0.3 is 0 Å². The molecule has 0 spiro atoms. The maximum absolute atomic E-state index is 8.51. The molecule has 0 unspecified atom stereocenters. The molecule has 6 nitrogen and oxygen atoms in total. The molecule has 0 saturated carbocycles. The molecule has 1 aromatic heterocycles. The van der Waals surface area contributed by atoms with Gasteiger partial charge in [0, 0.05) is 35.1 Å². The number of nitrogens with two attached hydrogens (primary N) is 2. The number of hydrogen-bond donors (Lipinski definition) is 3. The number of halogens is 1. The first kappa shape index (κ1) is 26.8. The fourth-order valence-electron chi connectivity index (χ4n) is 2.94. The van der Waals surface area contributed by atoms with Crippen LogP contribution in [0.1, 0.15) is 37.5 Å². The molecule has 0 atom stereocenters. The highest BCUT2D eigenvalue weighted by atomic mass is 35.5. The quantitative estimate of drug-likeness (QED) is 0.217. The summed E-state index contributed by atoms with van der Waals surface area (Å²) in [7, 11) is 1.50. The van der Waals surface area contributed by atoms with Crippen LogP contribution in [0.4, 0.5) is 5.69 Å². The summed E-state index contributed by atoms with van der Waals surface area (Å²) in [4.78, 5) is 5.94. The predicted octanol–water partition coefficient (Wildman–Crippen LogP) is 5.09. The van der Waals surface area contributed by atoms with Gasteiger partial charge in [0.1, 0.15) is 5.84 Å². The van der Waals surface area contributed by atoms with Crippen molar-refractivity contribution in [1.29, 1.82) is 5.41 Å². The number of amidine groups is 1. The molecule has 32 heavy (non-hydrogen) atoms. The largest absolute Gasteiger partial charge is 0.333 e. The van der Waals surface area contributed by atoms with Gasteiger partial charge < -0.3 is 16.5 Å². The maximum Gasteiger partial charge on any atom is 0.125 e. The van der Waals surface area contributed by atoms with E-state index in [2.05, 4.69) is 28.8 Å². The number of rotatable bonds is 5. The third kappa shape index (κ3) is 7.80. The minimum atomic E-state index is 0.440. The number of nitrogens with one attached hydrogen (secondary N) is 1. The van der Waals surface area contributed by atoms with Crippen LogP contribution in [-0.4, -0.2) is 30.1 Å². The molecule has 5 N–H and O–H groups in total. The zero-order valence-corrected chi connectivity index (χ0v) is 20.0. The van der Waals surface area contributed by atoms with Gasteiger partial charge in [0.25, 0.3) is 0 Å². The van der Waals surface area contributed by atoms with Crippen molar-refractivity contribution in [3.8, 4) is 0 Å². The lowest BCUT2D eigenvalue weighted by Crippen LogP contribution is -2.30. The van der Waals surface area contributed by atoms with E-state index in [9.17, 15) is 0 Å². The van der Waals surface area contributed by atoms with Crippen LogP contribution >= 0.6 is 11.6 Å². The standard InChI is InChI=1S/C17H19ClN4.C7H9N.CH5N/c1-3-22(12(2)21-20)16-7-5-4-6-15(16)17(19)13-8-10-14(18)11-9-13;1-2-7-4-3-5-8-6-7;1-2/h4-11,19H,3,20H2,1-2H3;3-6H,2H2,1H3;2H2,1H3/b19-17?,21-12-;;. The van der Waals surface area contributed by atoms with E-state index >= 15 is 0 Å².